The zero-order chi connectivity index (χ0) is 13.0. The fourth-order valence-electron chi connectivity index (χ4n) is 3.04. The third kappa shape index (κ3) is 3.70. The van der Waals surface area contributed by atoms with E-state index < -0.39 is 0 Å². The summed E-state index contributed by atoms with van der Waals surface area (Å²) in [6.45, 7) is 4.78. The lowest BCUT2D eigenvalue weighted by molar-refractivity contribution is -0.133. The topological polar surface area (TPSA) is 29.5 Å². The highest BCUT2D eigenvalue weighted by molar-refractivity contribution is 9.09. The summed E-state index contributed by atoms with van der Waals surface area (Å²) >= 11 is 3.48. The third-order valence-corrected chi connectivity index (χ3v) is 4.67. The van der Waals surface area contributed by atoms with Gasteiger partial charge in [0.2, 0.25) is 5.91 Å². The van der Waals surface area contributed by atoms with Crippen LogP contribution in [-0.4, -0.2) is 41.9 Å². The summed E-state index contributed by atoms with van der Waals surface area (Å²) in [7, 11) is 0. The van der Waals surface area contributed by atoms with Crippen molar-refractivity contribution >= 4 is 21.8 Å². The molecule has 0 radical (unpaired) electrons. The normalized spacial score (nSPS) is 31.4. The van der Waals surface area contributed by atoms with Crippen LogP contribution >= 0.6 is 15.9 Å². The van der Waals surface area contributed by atoms with Crippen molar-refractivity contribution in [1.29, 1.82) is 0 Å². The fourth-order valence-corrected chi connectivity index (χ4v) is 3.69. The van der Waals surface area contributed by atoms with E-state index in [0.29, 0.717) is 23.8 Å². The summed E-state index contributed by atoms with van der Waals surface area (Å²) in [5.74, 6) is 1.65. The molecular formula is C14H24BrNO2. The van der Waals surface area contributed by atoms with Crippen LogP contribution in [0.15, 0.2) is 0 Å². The molecule has 4 heteroatoms. The van der Waals surface area contributed by atoms with E-state index in [1.54, 1.807) is 0 Å². The molecule has 1 heterocycles. The first kappa shape index (κ1) is 14.3. The first-order valence-electron chi connectivity index (χ1n) is 7.18. The Morgan fingerprint density at radius 1 is 1.39 bits per heavy atom. The van der Waals surface area contributed by atoms with E-state index in [0.717, 1.165) is 44.3 Å². The van der Waals surface area contributed by atoms with Gasteiger partial charge in [0, 0.05) is 31.4 Å². The highest BCUT2D eigenvalue weighted by Gasteiger charge is 2.33. The second-order valence-electron chi connectivity index (χ2n) is 5.59. The summed E-state index contributed by atoms with van der Waals surface area (Å²) in [5.41, 5.74) is 0. The SMILES string of the molecule is CCOC1CC(CC(=O)N2CCC(CCBr)C2)C1. The van der Waals surface area contributed by atoms with Crippen molar-refractivity contribution in [3.8, 4) is 0 Å². The molecule has 1 aliphatic heterocycles. The lowest BCUT2D eigenvalue weighted by Crippen LogP contribution is -2.37. The van der Waals surface area contributed by atoms with Crippen molar-refractivity contribution in [1.82, 2.24) is 4.90 Å². The average molecular weight is 318 g/mol. The number of hydrogen-bond acceptors (Lipinski definition) is 2. The van der Waals surface area contributed by atoms with Gasteiger partial charge in [-0.05, 0) is 44.4 Å². The smallest absolute Gasteiger partial charge is 0.222 e. The summed E-state index contributed by atoms with van der Waals surface area (Å²) < 4.78 is 5.53. The molecule has 0 aromatic heterocycles. The van der Waals surface area contributed by atoms with Gasteiger partial charge in [0.15, 0.2) is 0 Å². The number of likely N-dealkylation sites (tertiary alicyclic amines) is 1. The van der Waals surface area contributed by atoms with Gasteiger partial charge in [0.25, 0.3) is 0 Å². The molecule has 2 fully saturated rings. The molecule has 0 aromatic carbocycles. The standard InChI is InChI=1S/C14H24BrNO2/c1-2-18-13-7-12(8-13)9-14(17)16-6-4-11(10-16)3-5-15/h11-13H,2-10H2,1H3. The van der Waals surface area contributed by atoms with Crippen LogP contribution in [0.5, 0.6) is 0 Å². The van der Waals surface area contributed by atoms with Gasteiger partial charge < -0.3 is 9.64 Å². The second kappa shape index (κ2) is 6.90. The largest absolute Gasteiger partial charge is 0.378 e. The number of ether oxygens (including phenoxy) is 1. The van der Waals surface area contributed by atoms with Gasteiger partial charge in [0.05, 0.1) is 6.10 Å². The molecule has 2 aliphatic rings. The minimum Gasteiger partial charge on any atom is -0.378 e. The minimum absolute atomic E-state index is 0.368. The number of amides is 1. The van der Waals surface area contributed by atoms with Crippen LogP contribution < -0.4 is 0 Å². The molecule has 1 aliphatic carbocycles. The van der Waals surface area contributed by atoms with Crippen LogP contribution in [-0.2, 0) is 9.53 Å². The Morgan fingerprint density at radius 3 is 2.83 bits per heavy atom. The maximum atomic E-state index is 12.1. The lowest BCUT2D eigenvalue weighted by Gasteiger charge is -2.35. The van der Waals surface area contributed by atoms with Crippen molar-refractivity contribution in [2.45, 2.75) is 45.1 Å². The molecular weight excluding hydrogens is 294 g/mol. The number of carbonyl (C=O) groups excluding carboxylic acids is 1. The molecule has 0 N–H and O–H groups in total. The molecule has 1 amide bonds. The number of carbonyl (C=O) groups is 1. The quantitative estimate of drug-likeness (QED) is 0.705. The van der Waals surface area contributed by atoms with Crippen LogP contribution in [0.25, 0.3) is 0 Å². The van der Waals surface area contributed by atoms with E-state index in [2.05, 4.69) is 20.8 Å². The number of nitrogens with zero attached hydrogens (tertiary/aromatic N) is 1. The minimum atomic E-state index is 0.368. The highest BCUT2D eigenvalue weighted by Crippen LogP contribution is 2.33. The van der Waals surface area contributed by atoms with E-state index in [1.807, 2.05) is 6.92 Å². The number of rotatable bonds is 6. The summed E-state index contributed by atoms with van der Waals surface area (Å²) in [6.07, 6.45) is 5.71. The summed E-state index contributed by atoms with van der Waals surface area (Å²) in [4.78, 5) is 14.2. The van der Waals surface area contributed by atoms with Crippen molar-refractivity contribution in [2.24, 2.45) is 11.8 Å². The molecule has 0 aromatic rings. The molecule has 2 rings (SSSR count). The Balaban J connectivity index is 1.64. The van der Waals surface area contributed by atoms with E-state index in [4.69, 9.17) is 4.74 Å². The molecule has 1 unspecified atom stereocenters. The number of hydrogen-bond donors (Lipinski definition) is 0. The van der Waals surface area contributed by atoms with Gasteiger partial charge in [0.1, 0.15) is 0 Å². The molecule has 0 spiro atoms. The van der Waals surface area contributed by atoms with E-state index in [9.17, 15) is 4.79 Å². The number of halogens is 1. The Morgan fingerprint density at radius 2 is 2.17 bits per heavy atom. The zero-order valence-corrected chi connectivity index (χ0v) is 12.8. The zero-order valence-electron chi connectivity index (χ0n) is 11.2. The van der Waals surface area contributed by atoms with Gasteiger partial charge in [-0.3, -0.25) is 4.79 Å². The van der Waals surface area contributed by atoms with Crippen LogP contribution in [0, 0.1) is 11.8 Å². The number of alkyl halides is 1. The monoisotopic (exact) mass is 317 g/mol. The first-order valence-corrected chi connectivity index (χ1v) is 8.30. The van der Waals surface area contributed by atoms with Crippen molar-refractivity contribution in [3.63, 3.8) is 0 Å². The summed E-state index contributed by atoms with van der Waals surface area (Å²) in [5, 5.41) is 1.05. The molecule has 18 heavy (non-hydrogen) atoms. The van der Waals surface area contributed by atoms with Gasteiger partial charge in [-0.2, -0.15) is 0 Å². The van der Waals surface area contributed by atoms with Crippen molar-refractivity contribution < 1.29 is 9.53 Å². The van der Waals surface area contributed by atoms with Gasteiger partial charge in [-0.15, -0.1) is 0 Å². The highest BCUT2D eigenvalue weighted by atomic mass is 79.9. The molecule has 1 atom stereocenters. The Kier molecular flexibility index (Phi) is 5.49. The second-order valence-corrected chi connectivity index (χ2v) is 6.38. The maximum Gasteiger partial charge on any atom is 0.222 e. The van der Waals surface area contributed by atoms with Crippen LogP contribution in [0.1, 0.15) is 39.0 Å². The van der Waals surface area contributed by atoms with Crippen molar-refractivity contribution in [2.75, 3.05) is 25.0 Å². The average Bonchev–Trinajstić information content (AvgIpc) is 2.75. The third-order valence-electron chi connectivity index (χ3n) is 4.21. The molecule has 3 nitrogen and oxygen atoms in total. The van der Waals surface area contributed by atoms with Crippen molar-refractivity contribution in [3.05, 3.63) is 0 Å². The Hall–Kier alpha value is -0.0900. The predicted molar refractivity (Wildman–Crippen MR) is 75.9 cm³/mol. The molecule has 1 saturated heterocycles. The van der Waals surface area contributed by atoms with Gasteiger partial charge in [-0.25, -0.2) is 0 Å². The van der Waals surface area contributed by atoms with E-state index >= 15 is 0 Å². The molecule has 0 bridgehead atoms. The van der Waals surface area contributed by atoms with E-state index in [-0.39, 0.29) is 0 Å². The fraction of sp³-hybridized carbons (Fsp3) is 0.929. The summed E-state index contributed by atoms with van der Waals surface area (Å²) in [6, 6.07) is 0. The van der Waals surface area contributed by atoms with Gasteiger partial charge in [-0.1, -0.05) is 15.9 Å². The van der Waals surface area contributed by atoms with Crippen LogP contribution in [0.3, 0.4) is 0 Å². The lowest BCUT2D eigenvalue weighted by atomic mass is 9.80. The predicted octanol–water partition coefficient (Wildman–Crippen LogP) is 2.83. The molecule has 104 valence electrons. The first-order chi connectivity index (χ1) is 8.72. The van der Waals surface area contributed by atoms with Crippen LogP contribution in [0.2, 0.25) is 0 Å². The van der Waals surface area contributed by atoms with Gasteiger partial charge >= 0.3 is 0 Å². The molecule has 1 saturated carbocycles. The van der Waals surface area contributed by atoms with E-state index in [1.165, 1.54) is 12.8 Å². The Labute approximate surface area is 118 Å². The Bertz CT molecular complexity index is 279. The van der Waals surface area contributed by atoms with Crippen LogP contribution in [0.4, 0.5) is 0 Å². The maximum absolute atomic E-state index is 12.1.